The molecule has 134 valence electrons. The molecule has 0 aliphatic carbocycles. The van der Waals surface area contributed by atoms with Crippen LogP contribution in [-0.2, 0) is 14.1 Å². The third kappa shape index (κ3) is 4.59. The molecule has 0 bridgehead atoms. The highest BCUT2D eigenvalue weighted by Crippen LogP contribution is 2.40. The van der Waals surface area contributed by atoms with Gasteiger partial charge in [0.25, 0.3) is 5.16 Å². The van der Waals surface area contributed by atoms with Gasteiger partial charge in [0.1, 0.15) is 0 Å². The Morgan fingerprint density at radius 3 is 2.64 bits per heavy atom. The van der Waals surface area contributed by atoms with Crippen molar-refractivity contribution in [3.8, 4) is 0 Å². The number of benzene rings is 1. The minimum absolute atomic E-state index is 0.0688. The molecule has 0 N–H and O–H groups in total. The minimum atomic E-state index is -0.992. The molecule has 0 amide bonds. The van der Waals surface area contributed by atoms with Crippen LogP contribution in [-0.4, -0.2) is 28.5 Å². The SMILES string of the molecule is CCOC(=O)C(C)([PH+]=O)C(CSc1ccc2ccccc2n1)C(C)C. The third-order valence-corrected chi connectivity index (χ3v) is 6.49. The highest BCUT2D eigenvalue weighted by Gasteiger charge is 2.52. The Kier molecular flexibility index (Phi) is 6.97. The first-order valence-electron chi connectivity index (χ1n) is 8.47. The predicted octanol–water partition coefficient (Wildman–Crippen LogP) is 4.94. The summed E-state index contributed by atoms with van der Waals surface area (Å²) in [6, 6.07) is 12.0. The molecule has 1 aromatic heterocycles. The summed E-state index contributed by atoms with van der Waals surface area (Å²) >= 11 is 1.60. The van der Waals surface area contributed by atoms with Crippen LogP contribution < -0.4 is 0 Å². The van der Waals surface area contributed by atoms with Crippen LogP contribution in [0.3, 0.4) is 0 Å². The number of hydrogen-bond acceptors (Lipinski definition) is 5. The molecular weight excluding hydrogens is 353 g/mol. The molecular formula is C19H25NO3PS+. The van der Waals surface area contributed by atoms with Gasteiger partial charge in [-0.2, -0.15) is 0 Å². The molecule has 25 heavy (non-hydrogen) atoms. The van der Waals surface area contributed by atoms with E-state index < -0.39 is 13.6 Å². The van der Waals surface area contributed by atoms with Crippen LogP contribution in [0.2, 0.25) is 0 Å². The third-order valence-electron chi connectivity index (χ3n) is 4.44. The van der Waals surface area contributed by atoms with E-state index in [0.29, 0.717) is 12.4 Å². The number of ether oxygens (including phenoxy) is 1. The first kappa shape index (κ1) is 19.9. The largest absolute Gasteiger partial charge is 0.462 e. The summed E-state index contributed by atoms with van der Waals surface area (Å²) in [6.07, 6.45) is 0. The van der Waals surface area contributed by atoms with E-state index >= 15 is 0 Å². The van der Waals surface area contributed by atoms with Gasteiger partial charge in [-0.15, -0.1) is 11.8 Å². The van der Waals surface area contributed by atoms with Crippen LogP contribution in [0, 0.1) is 11.8 Å². The van der Waals surface area contributed by atoms with Crippen LogP contribution in [0.1, 0.15) is 27.7 Å². The summed E-state index contributed by atoms with van der Waals surface area (Å²) in [5.41, 5.74) is 0.951. The van der Waals surface area contributed by atoms with Crippen LogP contribution >= 0.6 is 20.2 Å². The number of fused-ring (bicyclic) bond motifs is 1. The fourth-order valence-corrected chi connectivity index (χ4v) is 5.16. The van der Waals surface area contributed by atoms with Gasteiger partial charge in [0.15, 0.2) is 0 Å². The van der Waals surface area contributed by atoms with E-state index in [0.717, 1.165) is 15.9 Å². The molecule has 2 rings (SSSR count). The summed E-state index contributed by atoms with van der Waals surface area (Å²) in [5.74, 6) is 0.409. The van der Waals surface area contributed by atoms with E-state index in [1.807, 2.05) is 30.3 Å². The van der Waals surface area contributed by atoms with Crippen LogP contribution in [0.5, 0.6) is 0 Å². The monoisotopic (exact) mass is 378 g/mol. The number of aromatic nitrogens is 1. The minimum Gasteiger partial charge on any atom is -0.462 e. The number of nitrogens with zero attached hydrogens (tertiary/aromatic N) is 1. The molecule has 0 saturated carbocycles. The number of rotatable bonds is 8. The zero-order valence-corrected chi connectivity index (χ0v) is 16.9. The Bertz CT molecular complexity index is 752. The van der Waals surface area contributed by atoms with Gasteiger partial charge in [0.2, 0.25) is 0 Å². The van der Waals surface area contributed by atoms with Gasteiger partial charge < -0.3 is 4.74 Å². The lowest BCUT2D eigenvalue weighted by molar-refractivity contribution is -0.147. The molecule has 3 atom stereocenters. The normalized spacial score (nSPS) is 15.2. The lowest BCUT2D eigenvalue weighted by atomic mass is 9.85. The second-order valence-electron chi connectivity index (χ2n) is 6.53. The maximum atomic E-state index is 12.4. The van der Waals surface area contributed by atoms with E-state index in [1.54, 1.807) is 25.6 Å². The Morgan fingerprint density at radius 2 is 2.00 bits per heavy atom. The molecule has 0 aliphatic heterocycles. The summed E-state index contributed by atoms with van der Waals surface area (Å²) in [7, 11) is -0.741. The van der Waals surface area contributed by atoms with E-state index in [9.17, 15) is 9.36 Å². The van der Waals surface area contributed by atoms with E-state index in [1.165, 1.54) is 0 Å². The number of hydrogen-bond donors (Lipinski definition) is 0. The van der Waals surface area contributed by atoms with Crippen molar-refractivity contribution in [3.63, 3.8) is 0 Å². The van der Waals surface area contributed by atoms with Gasteiger partial charge in [-0.3, -0.25) is 0 Å². The molecule has 6 heteroatoms. The predicted molar refractivity (Wildman–Crippen MR) is 105 cm³/mol. The number of esters is 1. The fourth-order valence-electron chi connectivity index (χ4n) is 2.88. The first-order valence-corrected chi connectivity index (χ1v) is 10.4. The van der Waals surface area contributed by atoms with Crippen LogP contribution in [0.25, 0.3) is 10.9 Å². The van der Waals surface area contributed by atoms with Crippen molar-refractivity contribution in [2.75, 3.05) is 12.4 Å². The number of carbonyl (C=O) groups is 1. The van der Waals surface area contributed by atoms with Gasteiger partial charge in [-0.05, 0) is 31.9 Å². The topological polar surface area (TPSA) is 56.3 Å². The second-order valence-corrected chi connectivity index (χ2v) is 8.81. The Balaban J connectivity index is 2.20. The van der Waals surface area contributed by atoms with Gasteiger partial charge >= 0.3 is 14.4 Å². The van der Waals surface area contributed by atoms with Crippen molar-refractivity contribution in [1.29, 1.82) is 0 Å². The first-order chi connectivity index (χ1) is 11.9. The van der Waals surface area contributed by atoms with Crippen molar-refractivity contribution in [2.45, 2.75) is 37.9 Å². The quantitative estimate of drug-likeness (QED) is 0.370. The van der Waals surface area contributed by atoms with Crippen molar-refractivity contribution < 1.29 is 14.1 Å². The number of carbonyl (C=O) groups excluding carboxylic acids is 1. The fraction of sp³-hybridized carbons (Fsp3) is 0.474. The van der Waals surface area contributed by atoms with Crippen LogP contribution in [0.15, 0.2) is 41.4 Å². The molecule has 2 aromatic rings. The average Bonchev–Trinajstić information content (AvgIpc) is 2.61. The Morgan fingerprint density at radius 1 is 1.28 bits per heavy atom. The van der Waals surface area contributed by atoms with E-state index in [-0.39, 0.29) is 17.8 Å². The van der Waals surface area contributed by atoms with Gasteiger partial charge in [-0.1, -0.05) is 42.7 Å². The van der Waals surface area contributed by atoms with Gasteiger partial charge in [-0.25, -0.2) is 9.78 Å². The lowest BCUT2D eigenvalue weighted by Crippen LogP contribution is -2.43. The number of pyridine rings is 1. The second kappa shape index (κ2) is 8.77. The smallest absolute Gasteiger partial charge is 0.361 e. The Hall–Kier alpha value is -1.45. The highest BCUT2D eigenvalue weighted by atomic mass is 32.2. The van der Waals surface area contributed by atoms with Crippen molar-refractivity contribution in [3.05, 3.63) is 36.4 Å². The molecule has 4 nitrogen and oxygen atoms in total. The van der Waals surface area contributed by atoms with Crippen LogP contribution in [0.4, 0.5) is 0 Å². The summed E-state index contributed by atoms with van der Waals surface area (Å²) in [6.45, 7) is 7.91. The molecule has 0 saturated heterocycles. The molecule has 3 unspecified atom stereocenters. The summed E-state index contributed by atoms with van der Waals surface area (Å²) in [4.78, 5) is 17.1. The van der Waals surface area contributed by atoms with Crippen molar-refractivity contribution >= 4 is 37.1 Å². The zero-order chi connectivity index (χ0) is 18.4. The molecule has 1 heterocycles. The number of thioether (sulfide) groups is 1. The standard InChI is InChI=1S/C19H24NO3PS/c1-5-23-18(21)19(4,24-22)15(13(2)3)12-25-17-11-10-14-8-6-7-9-16(14)20-17/h6-11,13,15H,5,12H2,1-4H3/p+1. The van der Waals surface area contributed by atoms with E-state index in [4.69, 9.17) is 4.74 Å². The Labute approximate surface area is 155 Å². The molecule has 1 aromatic carbocycles. The maximum Gasteiger partial charge on any atom is 0.361 e. The molecule has 0 radical (unpaired) electrons. The molecule has 0 aliphatic rings. The zero-order valence-electron chi connectivity index (χ0n) is 15.1. The highest BCUT2D eigenvalue weighted by molar-refractivity contribution is 7.99. The van der Waals surface area contributed by atoms with Crippen molar-refractivity contribution in [1.82, 2.24) is 4.98 Å². The molecule has 0 fully saturated rings. The molecule has 0 spiro atoms. The lowest BCUT2D eigenvalue weighted by Gasteiger charge is -2.27. The van der Waals surface area contributed by atoms with Crippen molar-refractivity contribution in [2.24, 2.45) is 11.8 Å². The average molecular weight is 378 g/mol. The number of para-hydroxylation sites is 1. The summed E-state index contributed by atoms with van der Waals surface area (Å²) < 4.78 is 17.1. The van der Waals surface area contributed by atoms with E-state index in [2.05, 4.69) is 24.9 Å². The van der Waals surface area contributed by atoms with Gasteiger partial charge in [0, 0.05) is 17.1 Å². The maximum absolute atomic E-state index is 12.4. The van der Waals surface area contributed by atoms with Gasteiger partial charge in [0.05, 0.1) is 17.1 Å². The summed E-state index contributed by atoms with van der Waals surface area (Å²) in [5, 5.41) is 1.02.